The van der Waals surface area contributed by atoms with E-state index in [-0.39, 0.29) is 6.04 Å². The average molecular weight is 308 g/mol. The maximum absolute atomic E-state index is 5.64. The molecule has 0 aliphatic heterocycles. The van der Waals surface area contributed by atoms with E-state index in [0.29, 0.717) is 0 Å². The Hall–Kier alpha value is -1.06. The van der Waals surface area contributed by atoms with Crippen LogP contribution in [0.15, 0.2) is 51.6 Å². The summed E-state index contributed by atoms with van der Waals surface area (Å²) in [4.78, 5) is 0. The van der Waals surface area contributed by atoms with Crippen LogP contribution in [-0.2, 0) is 6.42 Å². The molecule has 1 aromatic carbocycles. The third-order valence-electron chi connectivity index (χ3n) is 2.95. The number of nitrogens with one attached hydrogen (secondary N) is 1. The van der Waals surface area contributed by atoms with Crippen LogP contribution in [0.2, 0.25) is 0 Å². The third-order valence-corrected chi connectivity index (χ3v) is 3.38. The van der Waals surface area contributed by atoms with Crippen LogP contribution in [-0.4, -0.2) is 6.54 Å². The van der Waals surface area contributed by atoms with Crippen molar-refractivity contribution in [3.63, 3.8) is 0 Å². The van der Waals surface area contributed by atoms with Crippen molar-refractivity contribution in [3.05, 3.63) is 58.5 Å². The number of aryl methyl sites for hydroxylation is 1. The van der Waals surface area contributed by atoms with Crippen LogP contribution in [0.4, 0.5) is 0 Å². The molecule has 2 nitrogen and oxygen atoms in total. The summed E-state index contributed by atoms with van der Waals surface area (Å²) in [7, 11) is 0. The van der Waals surface area contributed by atoms with Gasteiger partial charge in [-0.3, -0.25) is 0 Å². The summed E-state index contributed by atoms with van der Waals surface area (Å²) in [6, 6.07) is 14.8. The van der Waals surface area contributed by atoms with Crippen molar-refractivity contribution in [3.8, 4) is 0 Å². The van der Waals surface area contributed by atoms with E-state index in [0.717, 1.165) is 29.8 Å². The van der Waals surface area contributed by atoms with E-state index in [9.17, 15) is 0 Å². The molecule has 0 radical (unpaired) electrons. The summed E-state index contributed by atoms with van der Waals surface area (Å²) >= 11 is 3.35. The maximum atomic E-state index is 5.64. The molecule has 0 spiro atoms. The molecule has 0 saturated carbocycles. The van der Waals surface area contributed by atoms with E-state index >= 15 is 0 Å². The summed E-state index contributed by atoms with van der Waals surface area (Å²) in [6.45, 7) is 3.06. The van der Waals surface area contributed by atoms with Crippen LogP contribution < -0.4 is 5.32 Å². The van der Waals surface area contributed by atoms with Gasteiger partial charge in [0.15, 0.2) is 4.67 Å². The zero-order valence-electron chi connectivity index (χ0n) is 10.5. The molecule has 2 rings (SSSR count). The molecule has 1 N–H and O–H groups in total. The molecule has 0 amide bonds. The van der Waals surface area contributed by atoms with Crippen molar-refractivity contribution in [1.82, 2.24) is 5.32 Å². The normalized spacial score (nSPS) is 12.6. The molecule has 1 heterocycles. The SMILES string of the molecule is CCNC(CCc1ccccc1)c1ccc(Br)o1. The second-order valence-electron chi connectivity index (χ2n) is 4.28. The summed E-state index contributed by atoms with van der Waals surface area (Å²) in [5.41, 5.74) is 1.37. The van der Waals surface area contributed by atoms with E-state index in [2.05, 4.69) is 58.5 Å². The summed E-state index contributed by atoms with van der Waals surface area (Å²) in [5, 5.41) is 3.47. The lowest BCUT2D eigenvalue weighted by atomic mass is 10.0. The van der Waals surface area contributed by atoms with Crippen LogP contribution in [0, 0.1) is 0 Å². The van der Waals surface area contributed by atoms with E-state index < -0.39 is 0 Å². The Labute approximate surface area is 117 Å². The highest BCUT2D eigenvalue weighted by Crippen LogP contribution is 2.24. The molecule has 0 bridgehead atoms. The van der Waals surface area contributed by atoms with Gasteiger partial charge >= 0.3 is 0 Å². The predicted octanol–water partition coefficient (Wildman–Crippen LogP) is 4.33. The van der Waals surface area contributed by atoms with Crippen LogP contribution >= 0.6 is 15.9 Å². The predicted molar refractivity (Wildman–Crippen MR) is 77.6 cm³/mol. The van der Waals surface area contributed by atoms with Crippen molar-refractivity contribution in [2.75, 3.05) is 6.54 Å². The van der Waals surface area contributed by atoms with Crippen molar-refractivity contribution >= 4 is 15.9 Å². The third kappa shape index (κ3) is 3.72. The van der Waals surface area contributed by atoms with Crippen molar-refractivity contribution in [1.29, 1.82) is 0 Å². The standard InChI is InChI=1S/C15H18BrNO/c1-2-17-13(14-10-11-15(16)18-14)9-8-12-6-4-3-5-7-12/h3-7,10-11,13,17H,2,8-9H2,1H3. The highest BCUT2D eigenvalue weighted by Gasteiger charge is 2.14. The van der Waals surface area contributed by atoms with Gasteiger partial charge in [0, 0.05) is 0 Å². The summed E-state index contributed by atoms with van der Waals surface area (Å²) in [5.74, 6) is 1.000. The van der Waals surface area contributed by atoms with Gasteiger partial charge in [-0.25, -0.2) is 0 Å². The second kappa shape index (κ2) is 6.76. The number of halogens is 1. The molecule has 0 saturated heterocycles. The fourth-order valence-corrected chi connectivity index (χ4v) is 2.38. The fraction of sp³-hybridized carbons (Fsp3) is 0.333. The molecular formula is C15H18BrNO. The molecular weight excluding hydrogens is 290 g/mol. The summed E-state index contributed by atoms with van der Waals surface area (Å²) < 4.78 is 6.43. The first kappa shape index (κ1) is 13.4. The molecule has 0 fully saturated rings. The van der Waals surface area contributed by atoms with Gasteiger partial charge in [0.1, 0.15) is 5.76 Å². The van der Waals surface area contributed by atoms with Gasteiger partial charge in [-0.05, 0) is 53.0 Å². The van der Waals surface area contributed by atoms with Crippen molar-refractivity contribution in [2.24, 2.45) is 0 Å². The Morgan fingerprint density at radius 1 is 1.17 bits per heavy atom. The molecule has 3 heteroatoms. The smallest absolute Gasteiger partial charge is 0.169 e. The van der Waals surface area contributed by atoms with Gasteiger partial charge in [0.2, 0.25) is 0 Å². The first-order valence-electron chi connectivity index (χ1n) is 6.32. The van der Waals surface area contributed by atoms with Gasteiger partial charge < -0.3 is 9.73 Å². The molecule has 2 aromatic rings. The number of hydrogen-bond donors (Lipinski definition) is 1. The Morgan fingerprint density at radius 3 is 2.56 bits per heavy atom. The molecule has 96 valence electrons. The molecule has 1 atom stereocenters. The summed E-state index contributed by atoms with van der Waals surface area (Å²) in [6.07, 6.45) is 2.09. The molecule has 1 aromatic heterocycles. The lowest BCUT2D eigenvalue weighted by molar-refractivity contribution is 0.392. The van der Waals surface area contributed by atoms with Crippen LogP contribution in [0.1, 0.15) is 30.7 Å². The first-order chi connectivity index (χ1) is 8.79. The average Bonchev–Trinajstić information content (AvgIpc) is 2.82. The molecule has 18 heavy (non-hydrogen) atoms. The number of hydrogen-bond acceptors (Lipinski definition) is 2. The zero-order chi connectivity index (χ0) is 12.8. The lowest BCUT2D eigenvalue weighted by Gasteiger charge is -2.15. The fourth-order valence-electron chi connectivity index (χ4n) is 2.06. The molecule has 0 aliphatic carbocycles. The van der Waals surface area contributed by atoms with Crippen LogP contribution in [0.25, 0.3) is 0 Å². The zero-order valence-corrected chi connectivity index (χ0v) is 12.1. The Morgan fingerprint density at radius 2 is 1.94 bits per heavy atom. The quantitative estimate of drug-likeness (QED) is 0.859. The number of rotatable bonds is 6. The van der Waals surface area contributed by atoms with Gasteiger partial charge in [-0.2, -0.15) is 0 Å². The number of benzene rings is 1. The van der Waals surface area contributed by atoms with Gasteiger partial charge in [-0.1, -0.05) is 37.3 Å². The van der Waals surface area contributed by atoms with Crippen molar-refractivity contribution < 1.29 is 4.42 Å². The molecule has 0 aliphatic rings. The minimum Gasteiger partial charge on any atom is -0.453 e. The van der Waals surface area contributed by atoms with Gasteiger partial charge in [0.05, 0.1) is 6.04 Å². The first-order valence-corrected chi connectivity index (χ1v) is 7.11. The van der Waals surface area contributed by atoms with Crippen molar-refractivity contribution in [2.45, 2.75) is 25.8 Å². The molecule has 1 unspecified atom stereocenters. The van der Waals surface area contributed by atoms with Crippen LogP contribution in [0.5, 0.6) is 0 Å². The van der Waals surface area contributed by atoms with Gasteiger partial charge in [-0.15, -0.1) is 0 Å². The van der Waals surface area contributed by atoms with E-state index in [4.69, 9.17) is 4.42 Å². The largest absolute Gasteiger partial charge is 0.453 e. The highest BCUT2D eigenvalue weighted by atomic mass is 79.9. The Bertz CT molecular complexity index is 466. The number of furan rings is 1. The van der Waals surface area contributed by atoms with Crippen LogP contribution in [0.3, 0.4) is 0 Å². The minimum atomic E-state index is 0.279. The maximum Gasteiger partial charge on any atom is 0.169 e. The van der Waals surface area contributed by atoms with E-state index in [1.165, 1.54) is 5.56 Å². The topological polar surface area (TPSA) is 25.2 Å². The van der Waals surface area contributed by atoms with E-state index in [1.54, 1.807) is 0 Å². The monoisotopic (exact) mass is 307 g/mol. The highest BCUT2D eigenvalue weighted by molar-refractivity contribution is 9.10. The lowest BCUT2D eigenvalue weighted by Crippen LogP contribution is -2.21. The van der Waals surface area contributed by atoms with Gasteiger partial charge in [0.25, 0.3) is 0 Å². The Balaban J connectivity index is 1.98. The minimum absolute atomic E-state index is 0.279. The second-order valence-corrected chi connectivity index (χ2v) is 5.06. The van der Waals surface area contributed by atoms with E-state index in [1.807, 2.05) is 12.1 Å². The Kier molecular flexibility index (Phi) is 5.02.